The van der Waals surface area contributed by atoms with Gasteiger partial charge >= 0.3 is 0 Å². The van der Waals surface area contributed by atoms with Gasteiger partial charge in [-0.3, -0.25) is 0 Å². The smallest absolute Gasteiger partial charge is 0.146 e. The molecule has 0 bridgehead atoms. The molecule has 0 amide bonds. The number of hydrogen-bond donors (Lipinski definition) is 1. The van der Waals surface area contributed by atoms with E-state index in [2.05, 4.69) is 11.9 Å². The zero-order valence-electron chi connectivity index (χ0n) is 12.8. The van der Waals surface area contributed by atoms with Crippen LogP contribution in [0.4, 0.5) is 10.1 Å². The van der Waals surface area contributed by atoms with Crippen LogP contribution in [0.25, 0.3) is 0 Å². The first-order valence-electron chi connectivity index (χ1n) is 7.42. The van der Waals surface area contributed by atoms with E-state index in [-0.39, 0.29) is 11.9 Å². The predicted octanol–water partition coefficient (Wildman–Crippen LogP) is 2.62. The van der Waals surface area contributed by atoms with E-state index < -0.39 is 0 Å². The Balaban J connectivity index is 2.00. The van der Waals surface area contributed by atoms with Gasteiger partial charge in [-0.2, -0.15) is 0 Å². The third kappa shape index (κ3) is 3.70. The van der Waals surface area contributed by atoms with E-state index in [0.717, 1.165) is 25.2 Å². The average Bonchev–Trinajstić information content (AvgIpc) is 2.41. The van der Waals surface area contributed by atoms with Gasteiger partial charge in [0, 0.05) is 19.6 Å². The standard InChI is InChI=1S/C16H26FN3/c1-12(18)14-4-5-16(15(17)10-14)20(3)11-13-6-8-19(2)9-7-13/h4-5,10,12-13H,6-9,11,18H2,1-3H3/t12-/m1/s1. The largest absolute Gasteiger partial charge is 0.372 e. The van der Waals surface area contributed by atoms with Gasteiger partial charge in [0.05, 0.1) is 5.69 Å². The highest BCUT2D eigenvalue weighted by molar-refractivity contribution is 5.49. The maximum atomic E-state index is 14.2. The van der Waals surface area contributed by atoms with Crippen molar-refractivity contribution in [3.63, 3.8) is 0 Å². The lowest BCUT2D eigenvalue weighted by atomic mass is 9.96. The molecule has 0 unspecified atom stereocenters. The van der Waals surface area contributed by atoms with Crippen molar-refractivity contribution in [1.82, 2.24) is 4.90 Å². The number of rotatable bonds is 4. The minimum Gasteiger partial charge on any atom is -0.372 e. The van der Waals surface area contributed by atoms with Crippen LogP contribution in [-0.4, -0.2) is 38.6 Å². The fraction of sp³-hybridized carbons (Fsp3) is 0.625. The van der Waals surface area contributed by atoms with Crippen molar-refractivity contribution in [2.75, 3.05) is 38.6 Å². The van der Waals surface area contributed by atoms with Crippen LogP contribution in [0.3, 0.4) is 0 Å². The van der Waals surface area contributed by atoms with E-state index in [1.807, 2.05) is 31.0 Å². The van der Waals surface area contributed by atoms with Gasteiger partial charge in [0.1, 0.15) is 5.82 Å². The molecule has 20 heavy (non-hydrogen) atoms. The van der Waals surface area contributed by atoms with Crippen LogP contribution < -0.4 is 10.6 Å². The van der Waals surface area contributed by atoms with E-state index in [4.69, 9.17) is 5.73 Å². The summed E-state index contributed by atoms with van der Waals surface area (Å²) in [5.74, 6) is 0.485. The molecule has 4 heteroatoms. The summed E-state index contributed by atoms with van der Waals surface area (Å²) in [5.41, 5.74) is 7.31. The van der Waals surface area contributed by atoms with Gasteiger partial charge in [0.15, 0.2) is 0 Å². The Labute approximate surface area is 121 Å². The van der Waals surface area contributed by atoms with Crippen LogP contribution in [0, 0.1) is 11.7 Å². The fourth-order valence-corrected chi connectivity index (χ4v) is 2.85. The maximum absolute atomic E-state index is 14.2. The molecule has 1 aliphatic heterocycles. The molecule has 0 saturated carbocycles. The van der Waals surface area contributed by atoms with Gasteiger partial charge < -0.3 is 15.5 Å². The van der Waals surface area contributed by atoms with Gasteiger partial charge in [-0.25, -0.2) is 4.39 Å². The summed E-state index contributed by atoms with van der Waals surface area (Å²) in [6, 6.07) is 5.21. The van der Waals surface area contributed by atoms with Crippen LogP contribution >= 0.6 is 0 Å². The average molecular weight is 279 g/mol. The Hall–Kier alpha value is -1.13. The molecule has 3 nitrogen and oxygen atoms in total. The summed E-state index contributed by atoms with van der Waals surface area (Å²) in [6.07, 6.45) is 2.39. The Kier molecular flexibility index (Phi) is 5.00. The van der Waals surface area contributed by atoms with Crippen LogP contribution in [0.5, 0.6) is 0 Å². The van der Waals surface area contributed by atoms with Crippen LogP contribution in [0.2, 0.25) is 0 Å². The van der Waals surface area contributed by atoms with E-state index in [9.17, 15) is 4.39 Å². The molecular formula is C16H26FN3. The highest BCUT2D eigenvalue weighted by Crippen LogP contribution is 2.25. The summed E-state index contributed by atoms with van der Waals surface area (Å²) >= 11 is 0. The quantitative estimate of drug-likeness (QED) is 0.919. The van der Waals surface area contributed by atoms with Gasteiger partial charge in [0.25, 0.3) is 0 Å². The number of nitrogens with two attached hydrogens (primary N) is 1. The van der Waals surface area contributed by atoms with Crippen molar-refractivity contribution in [1.29, 1.82) is 0 Å². The highest BCUT2D eigenvalue weighted by Gasteiger charge is 2.19. The summed E-state index contributed by atoms with van der Waals surface area (Å²) in [5, 5.41) is 0. The number of benzene rings is 1. The van der Waals surface area contributed by atoms with E-state index in [1.54, 1.807) is 6.07 Å². The van der Waals surface area contributed by atoms with Crippen molar-refractivity contribution in [2.24, 2.45) is 11.7 Å². The second kappa shape index (κ2) is 6.55. The highest BCUT2D eigenvalue weighted by atomic mass is 19.1. The minimum atomic E-state index is -0.171. The molecule has 0 radical (unpaired) electrons. The lowest BCUT2D eigenvalue weighted by Gasteiger charge is -2.32. The van der Waals surface area contributed by atoms with Crippen molar-refractivity contribution >= 4 is 5.69 Å². The third-order valence-corrected chi connectivity index (χ3v) is 4.28. The summed E-state index contributed by atoms with van der Waals surface area (Å²) < 4.78 is 14.2. The number of hydrogen-bond acceptors (Lipinski definition) is 3. The first kappa shape index (κ1) is 15.3. The zero-order valence-corrected chi connectivity index (χ0v) is 12.8. The molecule has 112 valence electrons. The zero-order chi connectivity index (χ0) is 14.7. The Bertz CT molecular complexity index is 439. The Morgan fingerprint density at radius 3 is 2.60 bits per heavy atom. The summed E-state index contributed by atoms with van der Waals surface area (Å²) in [7, 11) is 4.13. The van der Waals surface area contributed by atoms with Gasteiger partial charge in [-0.05, 0) is 63.5 Å². The molecule has 1 heterocycles. The number of piperidine rings is 1. The number of likely N-dealkylation sites (tertiary alicyclic amines) is 1. The topological polar surface area (TPSA) is 32.5 Å². The maximum Gasteiger partial charge on any atom is 0.146 e. The number of halogens is 1. The first-order valence-corrected chi connectivity index (χ1v) is 7.42. The van der Waals surface area contributed by atoms with Crippen LogP contribution in [0.15, 0.2) is 18.2 Å². The molecule has 1 aromatic carbocycles. The lowest BCUT2D eigenvalue weighted by Crippen LogP contribution is -2.36. The van der Waals surface area contributed by atoms with Crippen molar-refractivity contribution in [3.8, 4) is 0 Å². The van der Waals surface area contributed by atoms with Crippen molar-refractivity contribution in [2.45, 2.75) is 25.8 Å². The Morgan fingerprint density at radius 2 is 2.05 bits per heavy atom. The third-order valence-electron chi connectivity index (χ3n) is 4.28. The monoisotopic (exact) mass is 279 g/mol. The molecule has 2 rings (SSSR count). The number of nitrogens with zero attached hydrogens (tertiary/aromatic N) is 2. The second-order valence-electron chi connectivity index (χ2n) is 6.13. The van der Waals surface area contributed by atoms with Crippen molar-refractivity contribution < 1.29 is 4.39 Å². The molecule has 0 spiro atoms. The molecule has 0 aromatic heterocycles. The van der Waals surface area contributed by atoms with E-state index in [1.165, 1.54) is 12.8 Å². The fourth-order valence-electron chi connectivity index (χ4n) is 2.85. The lowest BCUT2D eigenvalue weighted by molar-refractivity contribution is 0.222. The molecule has 1 aliphatic rings. The molecular weight excluding hydrogens is 253 g/mol. The van der Waals surface area contributed by atoms with E-state index >= 15 is 0 Å². The summed E-state index contributed by atoms with van der Waals surface area (Å²) in [4.78, 5) is 4.39. The minimum absolute atomic E-state index is 0.127. The van der Waals surface area contributed by atoms with Gasteiger partial charge in [-0.1, -0.05) is 6.07 Å². The van der Waals surface area contributed by atoms with Gasteiger partial charge in [-0.15, -0.1) is 0 Å². The normalized spacial score (nSPS) is 19.1. The molecule has 1 fully saturated rings. The van der Waals surface area contributed by atoms with Crippen molar-refractivity contribution in [3.05, 3.63) is 29.6 Å². The molecule has 1 atom stereocenters. The van der Waals surface area contributed by atoms with E-state index in [0.29, 0.717) is 11.6 Å². The second-order valence-corrected chi connectivity index (χ2v) is 6.13. The Morgan fingerprint density at radius 1 is 1.40 bits per heavy atom. The van der Waals surface area contributed by atoms with Gasteiger partial charge in [0.2, 0.25) is 0 Å². The molecule has 1 saturated heterocycles. The SMILES string of the molecule is C[C@@H](N)c1ccc(N(C)CC2CCN(C)CC2)c(F)c1. The molecule has 0 aliphatic carbocycles. The molecule has 1 aromatic rings. The van der Waals surface area contributed by atoms with Crippen LogP contribution in [-0.2, 0) is 0 Å². The number of anilines is 1. The summed E-state index contributed by atoms with van der Waals surface area (Å²) in [6.45, 7) is 5.08. The predicted molar refractivity (Wildman–Crippen MR) is 82.5 cm³/mol. The first-order chi connectivity index (χ1) is 9.47. The van der Waals surface area contributed by atoms with Crippen LogP contribution in [0.1, 0.15) is 31.4 Å². The molecule has 2 N–H and O–H groups in total.